The lowest BCUT2D eigenvalue weighted by Crippen LogP contribution is -2.03. The third kappa shape index (κ3) is 2.65. The van der Waals surface area contributed by atoms with Crippen LogP contribution in [0, 0.1) is 0 Å². The Balaban J connectivity index is 2.03. The van der Waals surface area contributed by atoms with Crippen molar-refractivity contribution in [3.05, 3.63) is 52.5 Å². The summed E-state index contributed by atoms with van der Waals surface area (Å²) in [7, 11) is 0. The van der Waals surface area contributed by atoms with Crippen molar-refractivity contribution < 1.29 is 14.6 Å². The molecule has 0 atom stereocenters. The third-order valence-corrected chi connectivity index (χ3v) is 3.59. The lowest BCUT2D eigenvalue weighted by Gasteiger charge is -2.06. The van der Waals surface area contributed by atoms with Crippen LogP contribution in [0.15, 0.2) is 36.4 Å². The maximum atomic E-state index is 12.1. The molecule has 1 aliphatic heterocycles. The first kappa shape index (κ1) is 14.5. The van der Waals surface area contributed by atoms with E-state index in [0.29, 0.717) is 28.6 Å². The highest BCUT2D eigenvalue weighted by Gasteiger charge is 2.24. The fraction of sp³-hybridized carbons (Fsp3) is 0.118. The SMILES string of the molecule is CCOc1cc(C=C2C(=O)Nc3cc(Cl)ccc32)ccc1O. The number of rotatable bonds is 3. The van der Waals surface area contributed by atoms with Gasteiger partial charge in [-0.15, -0.1) is 0 Å². The average molecular weight is 316 g/mol. The fourth-order valence-corrected chi connectivity index (χ4v) is 2.54. The summed E-state index contributed by atoms with van der Waals surface area (Å²) >= 11 is 5.94. The largest absolute Gasteiger partial charge is 0.504 e. The van der Waals surface area contributed by atoms with Crippen LogP contribution in [0.3, 0.4) is 0 Å². The van der Waals surface area contributed by atoms with Crippen molar-refractivity contribution in [1.29, 1.82) is 0 Å². The second-order valence-electron chi connectivity index (χ2n) is 4.86. The summed E-state index contributed by atoms with van der Waals surface area (Å²) in [6.07, 6.45) is 1.76. The molecule has 1 heterocycles. The van der Waals surface area contributed by atoms with Gasteiger partial charge < -0.3 is 15.2 Å². The first-order valence-electron chi connectivity index (χ1n) is 6.87. The number of amides is 1. The number of benzene rings is 2. The van der Waals surface area contributed by atoms with Crippen LogP contribution in [0.25, 0.3) is 11.6 Å². The van der Waals surface area contributed by atoms with Crippen LogP contribution in [0.4, 0.5) is 5.69 Å². The number of fused-ring (bicyclic) bond motifs is 1. The van der Waals surface area contributed by atoms with Gasteiger partial charge in [0.05, 0.1) is 12.3 Å². The van der Waals surface area contributed by atoms with Gasteiger partial charge >= 0.3 is 0 Å². The average Bonchev–Trinajstić information content (AvgIpc) is 2.78. The van der Waals surface area contributed by atoms with Crippen LogP contribution in [-0.4, -0.2) is 17.6 Å². The van der Waals surface area contributed by atoms with Gasteiger partial charge in [0.2, 0.25) is 0 Å². The van der Waals surface area contributed by atoms with Gasteiger partial charge in [0.15, 0.2) is 11.5 Å². The summed E-state index contributed by atoms with van der Waals surface area (Å²) in [5, 5.41) is 13.1. The molecular weight excluding hydrogens is 302 g/mol. The van der Waals surface area contributed by atoms with E-state index in [-0.39, 0.29) is 11.7 Å². The first-order chi connectivity index (χ1) is 10.6. The molecule has 22 heavy (non-hydrogen) atoms. The molecule has 0 spiro atoms. The minimum atomic E-state index is -0.177. The van der Waals surface area contributed by atoms with Gasteiger partial charge in [0.1, 0.15) is 0 Å². The molecule has 0 bridgehead atoms. The molecule has 3 rings (SSSR count). The van der Waals surface area contributed by atoms with Gasteiger partial charge in [-0.1, -0.05) is 23.7 Å². The Hall–Kier alpha value is -2.46. The zero-order valence-corrected chi connectivity index (χ0v) is 12.6. The van der Waals surface area contributed by atoms with E-state index in [9.17, 15) is 9.90 Å². The van der Waals surface area contributed by atoms with E-state index in [1.807, 2.05) is 13.0 Å². The van der Waals surface area contributed by atoms with E-state index in [1.54, 1.807) is 36.4 Å². The molecular formula is C17H14ClNO3. The highest BCUT2D eigenvalue weighted by Crippen LogP contribution is 2.36. The molecule has 0 unspecified atom stereocenters. The van der Waals surface area contributed by atoms with Gasteiger partial charge in [0, 0.05) is 16.2 Å². The summed E-state index contributed by atoms with van der Waals surface area (Å²) in [5.41, 5.74) is 2.84. The number of phenolic OH excluding ortho intramolecular Hbond substituents is 1. The van der Waals surface area contributed by atoms with Crippen LogP contribution in [0.1, 0.15) is 18.1 Å². The van der Waals surface area contributed by atoms with Crippen LogP contribution >= 0.6 is 11.6 Å². The van der Waals surface area contributed by atoms with E-state index >= 15 is 0 Å². The number of halogens is 1. The van der Waals surface area contributed by atoms with Gasteiger partial charge in [-0.2, -0.15) is 0 Å². The van der Waals surface area contributed by atoms with Crippen LogP contribution < -0.4 is 10.1 Å². The number of hydrogen-bond acceptors (Lipinski definition) is 3. The molecule has 0 aliphatic carbocycles. The molecule has 0 aromatic heterocycles. The Morgan fingerprint density at radius 3 is 2.86 bits per heavy atom. The van der Waals surface area contributed by atoms with E-state index in [4.69, 9.17) is 16.3 Å². The van der Waals surface area contributed by atoms with Crippen LogP contribution in [-0.2, 0) is 4.79 Å². The Labute approximate surface area is 133 Å². The van der Waals surface area contributed by atoms with Gasteiger partial charge in [-0.25, -0.2) is 0 Å². The lowest BCUT2D eigenvalue weighted by molar-refractivity contribution is -0.110. The van der Waals surface area contributed by atoms with Gasteiger partial charge in [-0.05, 0) is 42.8 Å². The molecule has 1 amide bonds. The quantitative estimate of drug-likeness (QED) is 0.844. The number of carbonyl (C=O) groups excluding carboxylic acids is 1. The molecule has 0 fully saturated rings. The van der Waals surface area contributed by atoms with Crippen molar-refractivity contribution in [2.45, 2.75) is 6.92 Å². The topological polar surface area (TPSA) is 58.6 Å². The molecule has 4 nitrogen and oxygen atoms in total. The number of ether oxygens (including phenoxy) is 1. The fourth-order valence-electron chi connectivity index (χ4n) is 2.37. The third-order valence-electron chi connectivity index (χ3n) is 3.36. The van der Waals surface area contributed by atoms with Crippen LogP contribution in [0.5, 0.6) is 11.5 Å². The Bertz CT molecular complexity index is 783. The zero-order chi connectivity index (χ0) is 15.7. The highest BCUT2D eigenvalue weighted by atomic mass is 35.5. The monoisotopic (exact) mass is 315 g/mol. The predicted molar refractivity (Wildman–Crippen MR) is 87.2 cm³/mol. The number of hydrogen-bond donors (Lipinski definition) is 2. The standard InChI is InChI=1S/C17H14ClNO3/c1-2-22-16-8-10(3-6-15(16)20)7-13-12-5-4-11(18)9-14(12)19-17(13)21/h3-9,20H,2H2,1H3,(H,19,21). The van der Waals surface area contributed by atoms with E-state index in [2.05, 4.69) is 5.32 Å². The van der Waals surface area contributed by atoms with Crippen molar-refractivity contribution in [3.8, 4) is 11.5 Å². The van der Waals surface area contributed by atoms with E-state index in [0.717, 1.165) is 11.1 Å². The number of nitrogens with one attached hydrogen (secondary N) is 1. The number of carbonyl (C=O) groups is 1. The molecule has 2 aromatic rings. The van der Waals surface area contributed by atoms with Crippen molar-refractivity contribution in [2.24, 2.45) is 0 Å². The van der Waals surface area contributed by atoms with Crippen molar-refractivity contribution in [3.63, 3.8) is 0 Å². The number of aromatic hydroxyl groups is 1. The molecule has 112 valence electrons. The molecule has 0 radical (unpaired) electrons. The molecule has 2 N–H and O–H groups in total. The summed E-state index contributed by atoms with van der Waals surface area (Å²) < 4.78 is 5.36. The molecule has 0 saturated heterocycles. The normalized spacial score (nSPS) is 14.8. The van der Waals surface area contributed by atoms with Gasteiger partial charge in [-0.3, -0.25) is 4.79 Å². The minimum Gasteiger partial charge on any atom is -0.504 e. The predicted octanol–water partition coefficient (Wildman–Crippen LogP) is 3.94. The Kier molecular flexibility index (Phi) is 3.77. The Morgan fingerprint density at radius 2 is 2.09 bits per heavy atom. The highest BCUT2D eigenvalue weighted by molar-refractivity contribution is 6.36. The van der Waals surface area contributed by atoms with E-state index in [1.165, 1.54) is 0 Å². The maximum absolute atomic E-state index is 12.1. The summed E-state index contributed by atoms with van der Waals surface area (Å²) in [4.78, 5) is 12.1. The number of anilines is 1. The lowest BCUT2D eigenvalue weighted by atomic mass is 10.0. The molecule has 1 aliphatic rings. The van der Waals surface area contributed by atoms with Gasteiger partial charge in [0.25, 0.3) is 5.91 Å². The summed E-state index contributed by atoms with van der Waals surface area (Å²) in [6.45, 7) is 2.30. The number of phenols is 1. The molecule has 0 saturated carbocycles. The van der Waals surface area contributed by atoms with Crippen molar-refractivity contribution >= 4 is 34.8 Å². The van der Waals surface area contributed by atoms with Crippen molar-refractivity contribution in [2.75, 3.05) is 11.9 Å². The molecule has 2 aromatic carbocycles. The van der Waals surface area contributed by atoms with Crippen LogP contribution in [0.2, 0.25) is 5.02 Å². The Morgan fingerprint density at radius 1 is 1.27 bits per heavy atom. The second kappa shape index (κ2) is 5.73. The second-order valence-corrected chi connectivity index (χ2v) is 5.30. The summed E-state index contributed by atoms with van der Waals surface area (Å²) in [5.74, 6) is 0.293. The molecule has 5 heteroatoms. The van der Waals surface area contributed by atoms with Crippen molar-refractivity contribution in [1.82, 2.24) is 0 Å². The summed E-state index contributed by atoms with van der Waals surface area (Å²) in [6, 6.07) is 10.3. The smallest absolute Gasteiger partial charge is 0.256 e. The zero-order valence-electron chi connectivity index (χ0n) is 11.9. The maximum Gasteiger partial charge on any atom is 0.256 e. The minimum absolute atomic E-state index is 0.0760. The first-order valence-corrected chi connectivity index (χ1v) is 7.25. The van der Waals surface area contributed by atoms with E-state index < -0.39 is 0 Å².